The predicted octanol–water partition coefficient (Wildman–Crippen LogP) is 4.90. The van der Waals surface area contributed by atoms with E-state index < -0.39 is 17.7 Å². The van der Waals surface area contributed by atoms with E-state index in [1.807, 2.05) is 12.1 Å². The molecule has 3 N–H and O–H groups in total. The third-order valence-corrected chi connectivity index (χ3v) is 6.70. The predicted molar refractivity (Wildman–Crippen MR) is 151 cm³/mol. The molecular formula is C32H32O9. The summed E-state index contributed by atoms with van der Waals surface area (Å²) in [6, 6.07) is 22.1. The van der Waals surface area contributed by atoms with Crippen LogP contribution in [-0.2, 0) is 21.6 Å². The summed E-state index contributed by atoms with van der Waals surface area (Å²) in [6.07, 6.45) is -0.843. The molecule has 4 rings (SSSR count). The van der Waals surface area contributed by atoms with Crippen molar-refractivity contribution in [3.63, 3.8) is 0 Å². The van der Waals surface area contributed by atoms with Crippen molar-refractivity contribution in [3.8, 4) is 34.5 Å². The van der Waals surface area contributed by atoms with Crippen molar-refractivity contribution < 1.29 is 43.8 Å². The molecule has 0 radical (unpaired) electrons. The molecule has 4 aromatic rings. The minimum Gasteiger partial charge on any atom is -0.508 e. The molecular weight excluding hydrogens is 528 g/mol. The van der Waals surface area contributed by atoms with Crippen LogP contribution < -0.4 is 18.9 Å². The van der Waals surface area contributed by atoms with E-state index in [2.05, 4.69) is 0 Å². The smallest absolute Gasteiger partial charge is 0.348 e. The molecule has 9 nitrogen and oxygen atoms in total. The normalized spacial score (nSPS) is 13.0. The van der Waals surface area contributed by atoms with Gasteiger partial charge in [0, 0.05) is 29.7 Å². The maximum Gasteiger partial charge on any atom is 0.348 e. The number of ether oxygens (including phenoxy) is 5. The molecule has 2 atom stereocenters. The van der Waals surface area contributed by atoms with Crippen LogP contribution in [-0.4, -0.2) is 49.7 Å². The zero-order valence-electron chi connectivity index (χ0n) is 23.2. The highest BCUT2D eigenvalue weighted by molar-refractivity contribution is 5.86. The molecule has 0 amide bonds. The summed E-state index contributed by atoms with van der Waals surface area (Å²) < 4.78 is 27.3. The van der Waals surface area contributed by atoms with E-state index in [-0.39, 0.29) is 29.0 Å². The number of hydrogen-bond acceptors (Lipinski definition) is 9. The summed E-state index contributed by atoms with van der Waals surface area (Å²) in [5, 5.41) is 32.6. The monoisotopic (exact) mass is 560 g/mol. The molecule has 0 bridgehead atoms. The van der Waals surface area contributed by atoms with Gasteiger partial charge in [-0.3, -0.25) is 0 Å². The topological polar surface area (TPSA) is 124 Å². The lowest BCUT2D eigenvalue weighted by molar-refractivity contribution is -0.168. The molecule has 0 aliphatic heterocycles. The quantitative estimate of drug-likeness (QED) is 0.220. The number of hydrogen-bond donors (Lipinski definition) is 3. The van der Waals surface area contributed by atoms with Crippen LogP contribution in [0.4, 0.5) is 0 Å². The summed E-state index contributed by atoms with van der Waals surface area (Å²) >= 11 is 0. The van der Waals surface area contributed by atoms with Gasteiger partial charge in [-0.1, -0.05) is 24.3 Å². The van der Waals surface area contributed by atoms with E-state index in [1.54, 1.807) is 49.6 Å². The van der Waals surface area contributed by atoms with E-state index in [0.29, 0.717) is 28.6 Å². The Morgan fingerprint density at radius 2 is 1.15 bits per heavy atom. The van der Waals surface area contributed by atoms with Gasteiger partial charge in [0.1, 0.15) is 40.6 Å². The van der Waals surface area contributed by atoms with Crippen LogP contribution in [0.15, 0.2) is 84.9 Å². The first-order valence-corrected chi connectivity index (χ1v) is 12.7. The van der Waals surface area contributed by atoms with Gasteiger partial charge in [-0.2, -0.15) is 0 Å². The highest BCUT2D eigenvalue weighted by Gasteiger charge is 2.44. The first kappa shape index (κ1) is 29.1. The highest BCUT2D eigenvalue weighted by Crippen LogP contribution is 2.39. The number of rotatable bonds is 11. The van der Waals surface area contributed by atoms with Gasteiger partial charge >= 0.3 is 5.97 Å². The fourth-order valence-corrected chi connectivity index (χ4v) is 4.47. The second-order valence-corrected chi connectivity index (χ2v) is 9.27. The first-order valence-electron chi connectivity index (χ1n) is 12.7. The van der Waals surface area contributed by atoms with Crippen LogP contribution in [0.3, 0.4) is 0 Å². The van der Waals surface area contributed by atoms with Gasteiger partial charge in [-0.05, 0) is 59.7 Å². The summed E-state index contributed by atoms with van der Waals surface area (Å²) in [5.74, 6) is 0.466. The Morgan fingerprint density at radius 3 is 1.63 bits per heavy atom. The van der Waals surface area contributed by atoms with Crippen molar-refractivity contribution in [3.05, 3.63) is 107 Å². The van der Waals surface area contributed by atoms with Crippen molar-refractivity contribution >= 4 is 5.97 Å². The van der Waals surface area contributed by atoms with Crippen molar-refractivity contribution in [2.24, 2.45) is 0 Å². The van der Waals surface area contributed by atoms with Crippen LogP contribution in [0, 0.1) is 0 Å². The van der Waals surface area contributed by atoms with Crippen molar-refractivity contribution in [2.75, 3.05) is 28.4 Å². The molecule has 4 aromatic carbocycles. The molecule has 0 saturated heterocycles. The average Bonchev–Trinajstić information content (AvgIpc) is 2.99. The van der Waals surface area contributed by atoms with E-state index in [0.717, 1.165) is 5.56 Å². The van der Waals surface area contributed by atoms with Crippen LogP contribution >= 0.6 is 0 Å². The molecule has 41 heavy (non-hydrogen) atoms. The lowest BCUT2D eigenvalue weighted by Gasteiger charge is -2.30. The fourth-order valence-electron chi connectivity index (χ4n) is 4.47. The Hall–Kier alpha value is -4.89. The van der Waals surface area contributed by atoms with Crippen molar-refractivity contribution in [1.82, 2.24) is 0 Å². The van der Waals surface area contributed by atoms with Crippen LogP contribution in [0.25, 0.3) is 0 Å². The van der Waals surface area contributed by atoms with Gasteiger partial charge in [-0.15, -0.1) is 0 Å². The number of methoxy groups -OCH3 is 4. The highest BCUT2D eigenvalue weighted by atomic mass is 16.6. The fraction of sp³-hybridized carbons (Fsp3) is 0.219. The minimum atomic E-state index is -2.31. The zero-order valence-corrected chi connectivity index (χ0v) is 23.2. The summed E-state index contributed by atoms with van der Waals surface area (Å²) in [5.41, 5.74) is -0.855. The molecule has 0 fully saturated rings. The Kier molecular flexibility index (Phi) is 8.89. The third-order valence-electron chi connectivity index (χ3n) is 6.70. The minimum absolute atomic E-state index is 0.144. The van der Waals surface area contributed by atoms with E-state index in [9.17, 15) is 20.1 Å². The van der Waals surface area contributed by atoms with E-state index in [4.69, 9.17) is 23.7 Å². The van der Waals surface area contributed by atoms with Gasteiger partial charge in [0.2, 0.25) is 5.60 Å². The SMILES string of the molecule is COc1ccc(CC(OC(=O)C(O)(c2ccc(OC)cc2)c2cc(OC)cc(OC)c2)c2cc(O)cc(O)c2)cc1. The average molecular weight is 561 g/mol. The number of phenols is 2. The standard InChI is InChI=1S/C32H32O9/c1-37-26-9-5-20(6-10-26)13-30(21-14-24(33)18-25(34)15-21)41-31(35)32(36,22-7-11-27(38-2)12-8-22)23-16-28(39-3)19-29(17-23)40-4/h5-12,14-19,30,33-34,36H,13H2,1-4H3. The second-order valence-electron chi connectivity index (χ2n) is 9.27. The van der Waals surface area contributed by atoms with E-state index >= 15 is 0 Å². The molecule has 0 spiro atoms. The van der Waals surface area contributed by atoms with Gasteiger partial charge in [0.25, 0.3) is 0 Å². The van der Waals surface area contributed by atoms with E-state index in [1.165, 1.54) is 51.7 Å². The molecule has 0 aliphatic rings. The number of benzene rings is 4. The molecule has 0 aromatic heterocycles. The van der Waals surface area contributed by atoms with Crippen molar-refractivity contribution in [1.29, 1.82) is 0 Å². The zero-order chi connectivity index (χ0) is 29.6. The molecule has 2 unspecified atom stereocenters. The molecule has 214 valence electrons. The second kappa shape index (κ2) is 12.5. The number of carbonyl (C=O) groups is 1. The number of esters is 1. The van der Waals surface area contributed by atoms with Crippen LogP contribution in [0.2, 0.25) is 0 Å². The van der Waals surface area contributed by atoms with Gasteiger partial charge in [0.05, 0.1) is 28.4 Å². The Bertz CT molecular complexity index is 1440. The van der Waals surface area contributed by atoms with Crippen molar-refractivity contribution in [2.45, 2.75) is 18.1 Å². The third kappa shape index (κ3) is 6.47. The van der Waals surface area contributed by atoms with Crippen LogP contribution in [0.5, 0.6) is 34.5 Å². The largest absolute Gasteiger partial charge is 0.508 e. The maximum absolute atomic E-state index is 14.1. The lowest BCUT2D eigenvalue weighted by Crippen LogP contribution is -2.39. The van der Waals surface area contributed by atoms with Crippen LogP contribution in [0.1, 0.15) is 28.4 Å². The molecule has 0 aliphatic carbocycles. The Balaban J connectivity index is 1.82. The first-order chi connectivity index (χ1) is 19.7. The summed E-state index contributed by atoms with van der Waals surface area (Å²) in [6.45, 7) is 0. The number of aliphatic hydroxyl groups is 1. The lowest BCUT2D eigenvalue weighted by atomic mass is 9.85. The molecule has 0 heterocycles. The van der Waals surface area contributed by atoms with Gasteiger partial charge < -0.3 is 39.0 Å². The number of phenolic OH excluding ortho intramolecular Hbond substituents is 2. The molecule has 0 saturated carbocycles. The maximum atomic E-state index is 14.1. The number of carbonyl (C=O) groups excluding carboxylic acids is 1. The number of aromatic hydroxyl groups is 2. The Labute approximate surface area is 238 Å². The summed E-state index contributed by atoms with van der Waals surface area (Å²) in [4.78, 5) is 14.1. The summed E-state index contributed by atoms with van der Waals surface area (Å²) in [7, 11) is 5.99. The van der Waals surface area contributed by atoms with Gasteiger partial charge in [0.15, 0.2) is 0 Å². The molecule has 9 heteroatoms. The van der Waals surface area contributed by atoms with Gasteiger partial charge in [-0.25, -0.2) is 4.79 Å². The Morgan fingerprint density at radius 1 is 0.659 bits per heavy atom.